The van der Waals surface area contributed by atoms with Crippen LogP contribution in [0.1, 0.15) is 28.0 Å². The Morgan fingerprint density at radius 3 is 2.70 bits per heavy atom. The number of carbonyl (C=O) groups excluding carboxylic acids is 1. The molecule has 0 saturated carbocycles. The van der Waals surface area contributed by atoms with Gasteiger partial charge in [0.2, 0.25) is 0 Å². The SMILES string of the molecule is Cc1cnc(NC(=O)c2cc(OCc3ccccc3)cc(O[C@H]3CCOC3)c2)cn1. The summed E-state index contributed by atoms with van der Waals surface area (Å²) in [5.41, 5.74) is 2.23. The minimum Gasteiger partial charge on any atom is -0.489 e. The Labute approximate surface area is 175 Å². The molecule has 1 atom stereocenters. The third-order valence-electron chi connectivity index (χ3n) is 4.60. The number of anilines is 1. The van der Waals surface area contributed by atoms with Crippen LogP contribution in [-0.2, 0) is 11.3 Å². The number of carbonyl (C=O) groups is 1. The van der Waals surface area contributed by atoms with Crippen molar-refractivity contribution in [1.82, 2.24) is 9.97 Å². The highest BCUT2D eigenvalue weighted by atomic mass is 16.5. The molecule has 2 heterocycles. The van der Waals surface area contributed by atoms with E-state index in [2.05, 4.69) is 15.3 Å². The molecule has 1 aromatic heterocycles. The molecule has 1 aliphatic heterocycles. The van der Waals surface area contributed by atoms with Gasteiger partial charge in [-0.25, -0.2) is 4.98 Å². The smallest absolute Gasteiger partial charge is 0.257 e. The maximum Gasteiger partial charge on any atom is 0.257 e. The predicted octanol–water partition coefficient (Wildman–Crippen LogP) is 3.78. The number of hydrogen-bond donors (Lipinski definition) is 1. The van der Waals surface area contributed by atoms with Crippen LogP contribution in [0.5, 0.6) is 11.5 Å². The van der Waals surface area contributed by atoms with Gasteiger partial charge >= 0.3 is 0 Å². The summed E-state index contributed by atoms with van der Waals surface area (Å²) in [6.07, 6.45) is 3.91. The molecule has 3 aromatic rings. The molecule has 1 fully saturated rings. The fourth-order valence-electron chi connectivity index (χ4n) is 3.04. The number of rotatable bonds is 7. The number of nitrogens with zero attached hydrogens (tertiary/aromatic N) is 2. The Kier molecular flexibility index (Phi) is 6.20. The van der Waals surface area contributed by atoms with Gasteiger partial charge in [-0.05, 0) is 24.6 Å². The lowest BCUT2D eigenvalue weighted by molar-refractivity contribution is 0.102. The molecule has 1 N–H and O–H groups in total. The number of nitrogens with one attached hydrogen (secondary N) is 1. The molecule has 0 bridgehead atoms. The molecule has 1 amide bonds. The van der Waals surface area contributed by atoms with Crippen molar-refractivity contribution in [1.29, 1.82) is 0 Å². The van der Waals surface area contributed by atoms with Crippen LogP contribution in [0, 0.1) is 6.92 Å². The summed E-state index contributed by atoms with van der Waals surface area (Å²) in [6.45, 7) is 3.44. The first-order valence-corrected chi connectivity index (χ1v) is 9.82. The van der Waals surface area contributed by atoms with E-state index in [0.29, 0.717) is 42.7 Å². The van der Waals surface area contributed by atoms with Gasteiger partial charge in [0.05, 0.1) is 31.3 Å². The highest BCUT2D eigenvalue weighted by Gasteiger charge is 2.19. The normalized spacial score (nSPS) is 15.6. The maximum absolute atomic E-state index is 12.8. The lowest BCUT2D eigenvalue weighted by Crippen LogP contribution is -2.17. The van der Waals surface area contributed by atoms with Gasteiger partial charge in [0.1, 0.15) is 24.2 Å². The van der Waals surface area contributed by atoms with Gasteiger partial charge in [0.15, 0.2) is 5.82 Å². The highest BCUT2D eigenvalue weighted by molar-refractivity contribution is 6.04. The number of benzene rings is 2. The van der Waals surface area contributed by atoms with Crippen LogP contribution >= 0.6 is 0 Å². The van der Waals surface area contributed by atoms with Crippen LogP contribution in [0.25, 0.3) is 0 Å². The van der Waals surface area contributed by atoms with E-state index in [0.717, 1.165) is 17.7 Å². The van der Waals surface area contributed by atoms with Crippen LogP contribution in [0.15, 0.2) is 60.9 Å². The summed E-state index contributed by atoms with van der Waals surface area (Å²) >= 11 is 0. The summed E-state index contributed by atoms with van der Waals surface area (Å²) in [7, 11) is 0. The molecule has 7 heteroatoms. The molecule has 1 aliphatic rings. The monoisotopic (exact) mass is 405 g/mol. The Hall–Kier alpha value is -3.45. The maximum atomic E-state index is 12.8. The summed E-state index contributed by atoms with van der Waals surface area (Å²) < 4.78 is 17.3. The first kappa shape index (κ1) is 19.8. The van der Waals surface area contributed by atoms with Crippen LogP contribution < -0.4 is 14.8 Å². The molecule has 0 radical (unpaired) electrons. The number of amides is 1. The molecular weight excluding hydrogens is 382 g/mol. The predicted molar refractivity (Wildman–Crippen MR) is 112 cm³/mol. The molecule has 4 rings (SSSR count). The summed E-state index contributed by atoms with van der Waals surface area (Å²) in [4.78, 5) is 21.1. The Bertz CT molecular complexity index is 987. The van der Waals surface area contributed by atoms with Crippen LogP contribution in [0.2, 0.25) is 0 Å². The lowest BCUT2D eigenvalue weighted by atomic mass is 10.1. The Balaban J connectivity index is 1.53. The van der Waals surface area contributed by atoms with E-state index >= 15 is 0 Å². The summed E-state index contributed by atoms with van der Waals surface area (Å²) in [5, 5.41) is 2.76. The largest absolute Gasteiger partial charge is 0.489 e. The topological polar surface area (TPSA) is 82.6 Å². The van der Waals surface area contributed by atoms with Crippen molar-refractivity contribution in [2.24, 2.45) is 0 Å². The molecule has 7 nitrogen and oxygen atoms in total. The average Bonchev–Trinajstić information content (AvgIpc) is 3.27. The van der Waals surface area contributed by atoms with E-state index in [-0.39, 0.29) is 12.0 Å². The third kappa shape index (κ3) is 5.33. The lowest BCUT2D eigenvalue weighted by Gasteiger charge is -2.15. The van der Waals surface area contributed by atoms with E-state index in [1.54, 1.807) is 24.4 Å². The minimum atomic E-state index is -0.314. The van der Waals surface area contributed by atoms with Gasteiger partial charge < -0.3 is 19.5 Å². The molecular formula is C23H23N3O4. The van der Waals surface area contributed by atoms with Crippen molar-refractivity contribution in [2.75, 3.05) is 18.5 Å². The minimum absolute atomic E-state index is 0.0340. The van der Waals surface area contributed by atoms with Crippen LogP contribution in [0.4, 0.5) is 5.82 Å². The second-order valence-corrected chi connectivity index (χ2v) is 7.07. The second kappa shape index (κ2) is 9.37. The number of hydrogen-bond acceptors (Lipinski definition) is 6. The molecule has 0 spiro atoms. The molecule has 0 unspecified atom stereocenters. The molecule has 154 valence electrons. The summed E-state index contributed by atoms with van der Waals surface area (Å²) in [5.74, 6) is 1.19. The zero-order valence-electron chi connectivity index (χ0n) is 16.7. The van der Waals surface area contributed by atoms with Crippen molar-refractivity contribution in [3.8, 4) is 11.5 Å². The van der Waals surface area contributed by atoms with E-state index < -0.39 is 0 Å². The molecule has 0 aliphatic carbocycles. The first-order chi connectivity index (χ1) is 14.7. The first-order valence-electron chi connectivity index (χ1n) is 9.82. The number of aromatic nitrogens is 2. The van der Waals surface area contributed by atoms with Crippen molar-refractivity contribution in [3.05, 3.63) is 77.7 Å². The average molecular weight is 405 g/mol. The standard InChI is InChI=1S/C23H23N3O4/c1-16-12-25-22(13-24-16)26-23(27)18-9-20(29-14-17-5-3-2-4-6-17)11-21(10-18)30-19-7-8-28-15-19/h2-6,9-13,19H,7-8,14-15H2,1H3,(H,25,26,27)/t19-/m0/s1. The van der Waals surface area contributed by atoms with Gasteiger partial charge in [-0.15, -0.1) is 0 Å². The van der Waals surface area contributed by atoms with Crippen LogP contribution in [0.3, 0.4) is 0 Å². The van der Waals surface area contributed by atoms with Crippen molar-refractivity contribution in [2.45, 2.75) is 26.1 Å². The van der Waals surface area contributed by atoms with Gasteiger partial charge in [-0.2, -0.15) is 0 Å². The second-order valence-electron chi connectivity index (χ2n) is 7.07. The zero-order chi connectivity index (χ0) is 20.8. The highest BCUT2D eigenvalue weighted by Crippen LogP contribution is 2.26. The van der Waals surface area contributed by atoms with Crippen molar-refractivity contribution in [3.63, 3.8) is 0 Å². The molecule has 30 heavy (non-hydrogen) atoms. The van der Waals surface area contributed by atoms with Crippen LogP contribution in [-0.4, -0.2) is 35.2 Å². The zero-order valence-corrected chi connectivity index (χ0v) is 16.7. The van der Waals surface area contributed by atoms with E-state index in [4.69, 9.17) is 14.2 Å². The Morgan fingerprint density at radius 1 is 1.13 bits per heavy atom. The van der Waals surface area contributed by atoms with Crippen molar-refractivity contribution >= 4 is 11.7 Å². The van der Waals surface area contributed by atoms with Gasteiger partial charge in [-0.3, -0.25) is 9.78 Å². The van der Waals surface area contributed by atoms with E-state index in [1.807, 2.05) is 37.3 Å². The third-order valence-corrected chi connectivity index (χ3v) is 4.60. The fraction of sp³-hybridized carbons (Fsp3) is 0.261. The molecule has 1 saturated heterocycles. The van der Waals surface area contributed by atoms with E-state index in [9.17, 15) is 4.79 Å². The number of aryl methyl sites for hydroxylation is 1. The number of ether oxygens (including phenoxy) is 3. The van der Waals surface area contributed by atoms with Gasteiger partial charge in [-0.1, -0.05) is 30.3 Å². The summed E-state index contributed by atoms with van der Waals surface area (Å²) in [6, 6.07) is 15.0. The van der Waals surface area contributed by atoms with Gasteiger partial charge in [0.25, 0.3) is 5.91 Å². The fourth-order valence-corrected chi connectivity index (χ4v) is 3.04. The van der Waals surface area contributed by atoms with Crippen molar-refractivity contribution < 1.29 is 19.0 Å². The van der Waals surface area contributed by atoms with E-state index in [1.165, 1.54) is 6.20 Å². The quantitative estimate of drug-likeness (QED) is 0.644. The molecule has 2 aromatic carbocycles. The Morgan fingerprint density at radius 2 is 1.97 bits per heavy atom. The van der Waals surface area contributed by atoms with Gasteiger partial charge in [0, 0.05) is 18.1 Å².